The molecule has 0 aliphatic carbocycles. The number of benzene rings is 2. The van der Waals surface area contributed by atoms with Gasteiger partial charge in [0.1, 0.15) is 5.75 Å². The SMILES string of the molecule is O=C1N[C@H](CCSc2ccc(Cl)cc2)Oc2ccccc21. The normalized spacial score (nSPS) is 16.8. The van der Waals surface area contributed by atoms with E-state index in [1.54, 1.807) is 17.8 Å². The molecule has 0 saturated carbocycles. The van der Waals surface area contributed by atoms with Crippen LogP contribution in [0.25, 0.3) is 0 Å². The fraction of sp³-hybridized carbons (Fsp3) is 0.188. The fourth-order valence-corrected chi connectivity index (χ4v) is 3.13. The minimum Gasteiger partial charge on any atom is -0.470 e. The summed E-state index contributed by atoms with van der Waals surface area (Å²) >= 11 is 7.57. The van der Waals surface area contributed by atoms with Crippen LogP contribution in [0.5, 0.6) is 5.75 Å². The van der Waals surface area contributed by atoms with Gasteiger partial charge < -0.3 is 10.1 Å². The Kier molecular flexibility index (Phi) is 4.36. The van der Waals surface area contributed by atoms with Crippen molar-refractivity contribution >= 4 is 29.3 Å². The standard InChI is InChI=1S/C16H14ClNO2S/c17-11-5-7-12(8-6-11)21-10-9-15-18-16(19)13-3-1-2-4-14(13)20-15/h1-8,15H,9-10H2,(H,18,19)/t15-/m0/s1. The van der Waals surface area contributed by atoms with Crippen LogP contribution in [0.3, 0.4) is 0 Å². The van der Waals surface area contributed by atoms with E-state index in [0.717, 1.165) is 22.1 Å². The third-order valence-electron chi connectivity index (χ3n) is 3.16. The Hall–Kier alpha value is -1.65. The lowest BCUT2D eigenvalue weighted by Gasteiger charge is -2.26. The molecule has 5 heteroatoms. The third-order valence-corrected chi connectivity index (χ3v) is 4.45. The number of halogens is 1. The lowest BCUT2D eigenvalue weighted by molar-refractivity contribution is 0.0752. The Morgan fingerprint density at radius 1 is 1.14 bits per heavy atom. The largest absolute Gasteiger partial charge is 0.470 e. The summed E-state index contributed by atoms with van der Waals surface area (Å²) in [5.41, 5.74) is 0.596. The molecule has 1 atom stereocenters. The molecule has 108 valence electrons. The average molecular weight is 320 g/mol. The van der Waals surface area contributed by atoms with Crippen LogP contribution in [0.4, 0.5) is 0 Å². The molecule has 1 aliphatic rings. The molecular formula is C16H14ClNO2S. The maximum absolute atomic E-state index is 12.0. The number of amides is 1. The molecule has 0 fully saturated rings. The van der Waals surface area contributed by atoms with Gasteiger partial charge in [0.05, 0.1) is 5.56 Å². The van der Waals surface area contributed by atoms with Crippen molar-refractivity contribution in [2.24, 2.45) is 0 Å². The van der Waals surface area contributed by atoms with Gasteiger partial charge >= 0.3 is 0 Å². The first-order valence-electron chi connectivity index (χ1n) is 6.67. The van der Waals surface area contributed by atoms with Gasteiger partial charge in [-0.25, -0.2) is 0 Å². The number of rotatable bonds is 4. The first kappa shape index (κ1) is 14.3. The zero-order chi connectivity index (χ0) is 14.7. The van der Waals surface area contributed by atoms with Crippen molar-refractivity contribution in [1.82, 2.24) is 5.32 Å². The Labute approximate surface area is 132 Å². The number of para-hydroxylation sites is 1. The van der Waals surface area contributed by atoms with E-state index >= 15 is 0 Å². The number of thioether (sulfide) groups is 1. The van der Waals surface area contributed by atoms with Gasteiger partial charge in [-0.3, -0.25) is 4.79 Å². The van der Waals surface area contributed by atoms with Crippen LogP contribution in [0.2, 0.25) is 5.02 Å². The van der Waals surface area contributed by atoms with E-state index in [-0.39, 0.29) is 12.1 Å². The highest BCUT2D eigenvalue weighted by Gasteiger charge is 2.24. The molecule has 1 N–H and O–H groups in total. The summed E-state index contributed by atoms with van der Waals surface area (Å²) < 4.78 is 5.79. The van der Waals surface area contributed by atoms with Crippen molar-refractivity contribution in [3.63, 3.8) is 0 Å². The van der Waals surface area contributed by atoms with E-state index in [1.165, 1.54) is 0 Å². The number of fused-ring (bicyclic) bond motifs is 1. The van der Waals surface area contributed by atoms with Crippen molar-refractivity contribution in [1.29, 1.82) is 0 Å². The van der Waals surface area contributed by atoms with Crippen molar-refractivity contribution in [2.75, 3.05) is 5.75 Å². The number of hydrogen-bond acceptors (Lipinski definition) is 3. The lowest BCUT2D eigenvalue weighted by atomic mass is 10.1. The van der Waals surface area contributed by atoms with Gasteiger partial charge in [0.25, 0.3) is 5.91 Å². The number of nitrogens with one attached hydrogen (secondary N) is 1. The molecular weight excluding hydrogens is 306 g/mol. The van der Waals surface area contributed by atoms with E-state index in [9.17, 15) is 4.79 Å². The van der Waals surface area contributed by atoms with Crippen molar-refractivity contribution < 1.29 is 9.53 Å². The molecule has 0 saturated heterocycles. The van der Waals surface area contributed by atoms with E-state index in [0.29, 0.717) is 11.3 Å². The van der Waals surface area contributed by atoms with Gasteiger partial charge in [-0.1, -0.05) is 23.7 Å². The predicted molar refractivity (Wildman–Crippen MR) is 85.1 cm³/mol. The second kappa shape index (κ2) is 6.41. The van der Waals surface area contributed by atoms with Gasteiger partial charge in [-0.05, 0) is 36.4 Å². The van der Waals surface area contributed by atoms with Crippen molar-refractivity contribution in [2.45, 2.75) is 17.5 Å². The van der Waals surface area contributed by atoms with Crippen LogP contribution < -0.4 is 10.1 Å². The first-order chi connectivity index (χ1) is 10.2. The molecule has 3 rings (SSSR count). The molecule has 21 heavy (non-hydrogen) atoms. The van der Waals surface area contributed by atoms with Crippen molar-refractivity contribution in [3.05, 3.63) is 59.1 Å². The zero-order valence-corrected chi connectivity index (χ0v) is 12.8. The number of hydrogen-bond donors (Lipinski definition) is 1. The molecule has 1 aliphatic heterocycles. The fourth-order valence-electron chi connectivity index (χ4n) is 2.11. The molecule has 0 aromatic heterocycles. The molecule has 0 spiro atoms. The van der Waals surface area contributed by atoms with Crippen molar-refractivity contribution in [3.8, 4) is 5.75 Å². The molecule has 0 bridgehead atoms. The highest BCUT2D eigenvalue weighted by Crippen LogP contribution is 2.26. The Morgan fingerprint density at radius 3 is 2.71 bits per heavy atom. The Morgan fingerprint density at radius 2 is 1.90 bits per heavy atom. The summed E-state index contributed by atoms with van der Waals surface area (Å²) in [6.07, 6.45) is 0.472. The van der Waals surface area contributed by atoms with Gasteiger partial charge in [-0.15, -0.1) is 11.8 Å². The molecule has 0 radical (unpaired) electrons. The summed E-state index contributed by atoms with van der Waals surface area (Å²) in [4.78, 5) is 13.1. The monoisotopic (exact) mass is 319 g/mol. The second-order valence-electron chi connectivity index (χ2n) is 4.67. The highest BCUT2D eigenvalue weighted by molar-refractivity contribution is 7.99. The van der Waals surface area contributed by atoms with Crippen LogP contribution in [0, 0.1) is 0 Å². The van der Waals surface area contributed by atoms with E-state index in [4.69, 9.17) is 16.3 Å². The molecule has 1 heterocycles. The number of carbonyl (C=O) groups is 1. The van der Waals surface area contributed by atoms with Crippen LogP contribution in [-0.2, 0) is 0 Å². The van der Waals surface area contributed by atoms with E-state index < -0.39 is 0 Å². The van der Waals surface area contributed by atoms with Crippen LogP contribution in [0.15, 0.2) is 53.4 Å². The summed E-state index contributed by atoms with van der Waals surface area (Å²) in [7, 11) is 0. The third kappa shape index (κ3) is 3.52. The van der Waals surface area contributed by atoms with Crippen LogP contribution in [-0.4, -0.2) is 17.9 Å². The Balaban J connectivity index is 1.55. The van der Waals surface area contributed by atoms with Gasteiger partial charge in [0, 0.05) is 22.1 Å². The second-order valence-corrected chi connectivity index (χ2v) is 6.27. The smallest absolute Gasteiger partial charge is 0.257 e. The summed E-state index contributed by atoms with van der Waals surface area (Å²) in [5.74, 6) is 1.44. The van der Waals surface area contributed by atoms with E-state index in [1.807, 2.05) is 42.5 Å². The highest BCUT2D eigenvalue weighted by atomic mass is 35.5. The molecule has 1 amide bonds. The topological polar surface area (TPSA) is 38.3 Å². The maximum atomic E-state index is 12.0. The zero-order valence-electron chi connectivity index (χ0n) is 11.2. The minimum absolute atomic E-state index is 0.0710. The molecule has 2 aromatic carbocycles. The number of ether oxygens (including phenoxy) is 1. The van der Waals surface area contributed by atoms with Gasteiger partial charge in [0.2, 0.25) is 0 Å². The number of carbonyl (C=O) groups excluding carboxylic acids is 1. The summed E-state index contributed by atoms with van der Waals surface area (Å²) in [6, 6.07) is 15.0. The summed E-state index contributed by atoms with van der Waals surface area (Å²) in [6.45, 7) is 0. The summed E-state index contributed by atoms with van der Waals surface area (Å²) in [5, 5.41) is 3.61. The average Bonchev–Trinajstić information content (AvgIpc) is 2.49. The molecule has 3 nitrogen and oxygen atoms in total. The first-order valence-corrected chi connectivity index (χ1v) is 8.03. The van der Waals surface area contributed by atoms with E-state index in [2.05, 4.69) is 5.32 Å². The van der Waals surface area contributed by atoms with Crippen LogP contribution >= 0.6 is 23.4 Å². The predicted octanol–water partition coefficient (Wildman–Crippen LogP) is 3.97. The van der Waals surface area contributed by atoms with Gasteiger partial charge in [0.15, 0.2) is 6.23 Å². The maximum Gasteiger partial charge on any atom is 0.257 e. The lowest BCUT2D eigenvalue weighted by Crippen LogP contribution is -2.43. The van der Waals surface area contributed by atoms with Gasteiger partial charge in [-0.2, -0.15) is 0 Å². The van der Waals surface area contributed by atoms with Crippen LogP contribution in [0.1, 0.15) is 16.8 Å². The minimum atomic E-state index is -0.271. The quantitative estimate of drug-likeness (QED) is 0.867. The molecule has 0 unspecified atom stereocenters. The molecule has 2 aromatic rings. The Bertz CT molecular complexity index is 645.